The Morgan fingerprint density at radius 2 is 1.82 bits per heavy atom. The minimum Gasteiger partial charge on any atom is -0.366 e. The first-order valence-electron chi connectivity index (χ1n) is 10.3. The van der Waals surface area contributed by atoms with Crippen molar-refractivity contribution < 1.29 is 27.3 Å². The number of rotatable bonds is 3. The van der Waals surface area contributed by atoms with Crippen LogP contribution in [0.4, 0.5) is 24.5 Å². The van der Waals surface area contributed by atoms with Crippen molar-refractivity contribution in [3.05, 3.63) is 59.5 Å². The fourth-order valence-electron chi connectivity index (χ4n) is 4.08. The van der Waals surface area contributed by atoms with Crippen molar-refractivity contribution in [3.63, 3.8) is 0 Å². The molecule has 8 nitrogen and oxygen atoms in total. The third kappa shape index (κ3) is 4.01. The number of aromatic nitrogens is 2. The number of carbonyl (C=O) groups excluding carboxylic acids is 2. The molecule has 0 bridgehead atoms. The summed E-state index contributed by atoms with van der Waals surface area (Å²) < 4.78 is 42.5. The number of piperazine rings is 1. The van der Waals surface area contributed by atoms with E-state index in [-0.39, 0.29) is 23.2 Å². The number of para-hydroxylation sites is 1. The molecule has 0 atom stereocenters. The molecule has 170 valence electrons. The zero-order chi connectivity index (χ0) is 23.2. The highest BCUT2D eigenvalue weighted by molar-refractivity contribution is 6.03. The molecule has 33 heavy (non-hydrogen) atoms. The first-order chi connectivity index (χ1) is 15.8. The fraction of sp³-hybridized carbons (Fsp3) is 0.273. The van der Waals surface area contributed by atoms with Crippen LogP contribution < -0.4 is 10.2 Å². The molecule has 3 heterocycles. The molecule has 2 aliphatic heterocycles. The summed E-state index contributed by atoms with van der Waals surface area (Å²) in [6, 6.07) is 11.9. The first-order valence-corrected chi connectivity index (χ1v) is 10.3. The van der Waals surface area contributed by atoms with Crippen LogP contribution >= 0.6 is 0 Å². The van der Waals surface area contributed by atoms with Gasteiger partial charge in [-0.15, -0.1) is 0 Å². The second kappa shape index (κ2) is 7.91. The number of hydrogen-bond donors (Lipinski definition) is 1. The molecule has 3 aromatic rings. The Labute approximate surface area is 186 Å². The predicted molar refractivity (Wildman–Crippen MR) is 112 cm³/mol. The molecule has 0 radical (unpaired) electrons. The number of anilines is 2. The lowest BCUT2D eigenvalue weighted by atomic mass is 10.1. The Morgan fingerprint density at radius 3 is 2.55 bits per heavy atom. The second-order valence-electron chi connectivity index (χ2n) is 7.82. The van der Waals surface area contributed by atoms with Crippen molar-refractivity contribution in [2.75, 3.05) is 36.4 Å². The van der Waals surface area contributed by atoms with Crippen LogP contribution in [0.3, 0.4) is 0 Å². The maximum absolute atomic E-state index is 13.0. The van der Waals surface area contributed by atoms with Gasteiger partial charge in [-0.05, 0) is 23.8 Å². The number of nitrogens with zero attached hydrogens (tertiary/aromatic N) is 4. The molecule has 0 spiro atoms. The van der Waals surface area contributed by atoms with Gasteiger partial charge in [0.15, 0.2) is 0 Å². The van der Waals surface area contributed by atoms with Gasteiger partial charge in [-0.1, -0.05) is 29.4 Å². The van der Waals surface area contributed by atoms with Crippen LogP contribution in [0.1, 0.15) is 21.8 Å². The molecule has 1 aromatic heterocycles. The van der Waals surface area contributed by atoms with Gasteiger partial charge in [-0.2, -0.15) is 18.2 Å². The predicted octanol–water partition coefficient (Wildman–Crippen LogP) is 3.21. The summed E-state index contributed by atoms with van der Waals surface area (Å²) in [6.07, 6.45) is -4.37. The van der Waals surface area contributed by atoms with Crippen LogP contribution in [0.25, 0.3) is 11.4 Å². The van der Waals surface area contributed by atoms with E-state index in [2.05, 4.69) is 24.9 Å². The fourth-order valence-corrected chi connectivity index (χ4v) is 4.08. The van der Waals surface area contributed by atoms with Crippen molar-refractivity contribution in [3.8, 4) is 11.4 Å². The number of hydrogen-bond acceptors (Lipinski definition) is 6. The minimum absolute atomic E-state index is 0.0323. The van der Waals surface area contributed by atoms with Crippen LogP contribution in [0, 0.1) is 0 Å². The van der Waals surface area contributed by atoms with Gasteiger partial charge in [-0.25, -0.2) is 0 Å². The SMILES string of the molecule is O=C1Cc2cccc(N3CCN(C(=O)c4cccc(-c5noc(C(F)(F)F)n5)c4)CC3)c2N1. The van der Waals surface area contributed by atoms with Gasteiger partial charge < -0.3 is 19.6 Å². The Kier molecular flexibility index (Phi) is 5.03. The van der Waals surface area contributed by atoms with Crippen molar-refractivity contribution >= 4 is 23.2 Å². The third-order valence-electron chi connectivity index (χ3n) is 5.69. The van der Waals surface area contributed by atoms with Gasteiger partial charge in [0.2, 0.25) is 11.7 Å². The quantitative estimate of drug-likeness (QED) is 0.650. The monoisotopic (exact) mass is 457 g/mol. The largest absolute Gasteiger partial charge is 0.471 e. The number of nitrogens with one attached hydrogen (secondary N) is 1. The number of carbonyl (C=O) groups is 2. The molecule has 1 N–H and O–H groups in total. The molecule has 11 heteroatoms. The summed E-state index contributed by atoms with van der Waals surface area (Å²) in [7, 11) is 0. The Hall–Kier alpha value is -3.89. The van der Waals surface area contributed by atoms with E-state index in [9.17, 15) is 22.8 Å². The average Bonchev–Trinajstić information content (AvgIpc) is 3.45. The lowest BCUT2D eigenvalue weighted by Crippen LogP contribution is -2.49. The van der Waals surface area contributed by atoms with Gasteiger partial charge in [-0.3, -0.25) is 9.59 Å². The number of amides is 2. The Balaban J connectivity index is 1.28. The van der Waals surface area contributed by atoms with E-state index in [1.165, 1.54) is 12.1 Å². The van der Waals surface area contributed by atoms with E-state index in [1.807, 2.05) is 18.2 Å². The molecule has 1 saturated heterocycles. The lowest BCUT2D eigenvalue weighted by Gasteiger charge is -2.37. The van der Waals surface area contributed by atoms with Crippen LogP contribution in [0.15, 0.2) is 47.0 Å². The molecule has 1 fully saturated rings. The summed E-state index contributed by atoms with van der Waals surface area (Å²) in [5.74, 6) is -1.94. The molecule has 2 aliphatic rings. The summed E-state index contributed by atoms with van der Waals surface area (Å²) in [5.41, 5.74) is 3.31. The maximum Gasteiger partial charge on any atom is 0.471 e. The van der Waals surface area contributed by atoms with Crippen molar-refractivity contribution in [1.82, 2.24) is 15.0 Å². The molecule has 2 amide bonds. The van der Waals surface area contributed by atoms with E-state index < -0.39 is 12.1 Å². The van der Waals surface area contributed by atoms with Crippen LogP contribution in [0.2, 0.25) is 0 Å². The highest BCUT2D eigenvalue weighted by Crippen LogP contribution is 2.34. The molecular weight excluding hydrogens is 439 g/mol. The van der Waals surface area contributed by atoms with Gasteiger partial charge in [0.1, 0.15) is 0 Å². The summed E-state index contributed by atoms with van der Waals surface area (Å²) in [4.78, 5) is 32.0. The van der Waals surface area contributed by atoms with Gasteiger partial charge in [0, 0.05) is 37.3 Å². The van der Waals surface area contributed by atoms with Gasteiger partial charge >= 0.3 is 12.1 Å². The van der Waals surface area contributed by atoms with Crippen molar-refractivity contribution in [2.24, 2.45) is 0 Å². The van der Waals surface area contributed by atoms with E-state index in [0.29, 0.717) is 38.2 Å². The number of halogens is 3. The first kappa shape index (κ1) is 21.0. The Bertz CT molecular complexity index is 1230. The van der Waals surface area contributed by atoms with E-state index in [1.54, 1.807) is 17.0 Å². The van der Waals surface area contributed by atoms with E-state index >= 15 is 0 Å². The number of alkyl halides is 3. The zero-order valence-corrected chi connectivity index (χ0v) is 17.2. The number of benzene rings is 2. The third-order valence-corrected chi connectivity index (χ3v) is 5.69. The molecule has 0 unspecified atom stereocenters. The normalized spacial score (nSPS) is 16.0. The maximum atomic E-state index is 13.0. The highest BCUT2D eigenvalue weighted by Gasteiger charge is 2.38. The van der Waals surface area contributed by atoms with Crippen molar-refractivity contribution in [2.45, 2.75) is 12.6 Å². The molecule has 2 aromatic carbocycles. The zero-order valence-electron chi connectivity index (χ0n) is 17.2. The average molecular weight is 457 g/mol. The van der Waals surface area contributed by atoms with Crippen LogP contribution in [-0.4, -0.2) is 53.0 Å². The second-order valence-corrected chi connectivity index (χ2v) is 7.82. The number of fused-ring (bicyclic) bond motifs is 1. The highest BCUT2D eigenvalue weighted by atomic mass is 19.4. The van der Waals surface area contributed by atoms with Crippen LogP contribution in [0.5, 0.6) is 0 Å². The molecule has 0 aliphatic carbocycles. The molecule has 0 saturated carbocycles. The van der Waals surface area contributed by atoms with E-state index in [4.69, 9.17) is 0 Å². The van der Waals surface area contributed by atoms with Gasteiger partial charge in [0.25, 0.3) is 5.91 Å². The lowest BCUT2D eigenvalue weighted by molar-refractivity contribution is -0.159. The summed E-state index contributed by atoms with van der Waals surface area (Å²) >= 11 is 0. The van der Waals surface area contributed by atoms with Crippen molar-refractivity contribution in [1.29, 1.82) is 0 Å². The molecule has 5 rings (SSSR count). The minimum atomic E-state index is -4.74. The molecular formula is C22H18F3N5O3. The standard InChI is InChI=1S/C22H18F3N5O3/c23-22(24,25)21-27-19(28-33-21)14-4-1-5-15(11-14)20(32)30-9-7-29(8-10-30)16-6-2-3-13-12-17(31)26-18(13)16/h1-6,11H,7-10,12H2,(H,26,31). The summed E-state index contributed by atoms with van der Waals surface area (Å²) in [6.45, 7) is 2.08. The topological polar surface area (TPSA) is 91.6 Å². The summed E-state index contributed by atoms with van der Waals surface area (Å²) in [5, 5.41) is 6.28. The Morgan fingerprint density at radius 1 is 1.06 bits per heavy atom. The van der Waals surface area contributed by atoms with Gasteiger partial charge in [0.05, 0.1) is 17.8 Å². The smallest absolute Gasteiger partial charge is 0.366 e. The van der Waals surface area contributed by atoms with Crippen LogP contribution in [-0.2, 0) is 17.4 Å². The van der Waals surface area contributed by atoms with E-state index in [0.717, 1.165) is 16.9 Å².